The smallest absolute Gasteiger partial charge is 0.268 e. The molecule has 3 aromatic rings. The lowest BCUT2D eigenvalue weighted by atomic mass is 9.96. The number of hydrogen-bond acceptors (Lipinski definition) is 9. The first-order valence-electron chi connectivity index (χ1n) is 12.8. The summed E-state index contributed by atoms with van der Waals surface area (Å²) in [4.78, 5) is 20.1. The van der Waals surface area contributed by atoms with Crippen molar-refractivity contribution in [2.45, 2.75) is 68.3 Å². The van der Waals surface area contributed by atoms with Gasteiger partial charge in [-0.05, 0) is 46.2 Å². The Hall–Kier alpha value is -2.27. The number of aryl methyl sites for hydroxylation is 1. The fraction of sp³-hybridized carbons (Fsp3) is 0.520. The first kappa shape index (κ1) is 31.7. The van der Waals surface area contributed by atoms with E-state index < -0.39 is 32.0 Å². The van der Waals surface area contributed by atoms with Crippen LogP contribution in [-0.2, 0) is 10.0 Å². The minimum absolute atomic E-state index is 0.0679. The number of pyridine rings is 1. The van der Waals surface area contributed by atoms with Gasteiger partial charge in [-0.25, -0.2) is 27.2 Å². The van der Waals surface area contributed by atoms with Gasteiger partial charge in [0.15, 0.2) is 5.82 Å². The van der Waals surface area contributed by atoms with E-state index >= 15 is 0 Å². The molecule has 0 aromatic carbocycles. The molecular weight excluding hydrogens is 607 g/mol. The van der Waals surface area contributed by atoms with Gasteiger partial charge in [-0.15, -0.1) is 5.10 Å². The van der Waals surface area contributed by atoms with Gasteiger partial charge in [-0.2, -0.15) is 17.7 Å². The highest BCUT2D eigenvalue weighted by Crippen LogP contribution is 2.46. The summed E-state index contributed by atoms with van der Waals surface area (Å²) in [5.41, 5.74) is -0.902. The molecule has 1 aliphatic heterocycles. The van der Waals surface area contributed by atoms with Crippen LogP contribution in [0.3, 0.4) is 0 Å². The SMILES string of the molecule is Cc1[nH]ncc1S(=O)(=O)NC(=O)c1ccc(-n2ccc(OCC(C)(C)C(F)(P)P)n2)nc1N1C[C@](C)(S)CC1(C)C. The van der Waals surface area contributed by atoms with Crippen molar-refractivity contribution in [2.24, 2.45) is 5.41 Å². The lowest BCUT2D eigenvalue weighted by molar-refractivity contribution is 0.0981. The second kappa shape index (κ2) is 10.8. The van der Waals surface area contributed by atoms with E-state index in [2.05, 4.69) is 38.5 Å². The second-order valence-corrected chi connectivity index (χ2v) is 17.0. The molecule has 1 saturated heterocycles. The van der Waals surface area contributed by atoms with Crippen LogP contribution < -0.4 is 14.4 Å². The average Bonchev–Trinajstić information content (AvgIpc) is 3.53. The molecule has 1 fully saturated rings. The number of nitrogens with one attached hydrogen (secondary N) is 2. The highest BCUT2D eigenvalue weighted by molar-refractivity contribution is 7.90. The van der Waals surface area contributed by atoms with Crippen molar-refractivity contribution < 1.29 is 22.3 Å². The maximum absolute atomic E-state index is 14.5. The molecule has 3 aromatic heterocycles. The van der Waals surface area contributed by atoms with Crippen LogP contribution in [0.1, 0.15) is 57.1 Å². The molecule has 1 amide bonds. The van der Waals surface area contributed by atoms with Crippen LogP contribution in [0.5, 0.6) is 5.88 Å². The van der Waals surface area contributed by atoms with Crippen LogP contribution in [0.4, 0.5) is 10.2 Å². The molecule has 0 bridgehead atoms. The van der Waals surface area contributed by atoms with E-state index in [9.17, 15) is 17.6 Å². The Morgan fingerprint density at radius 1 is 1.27 bits per heavy atom. The highest BCUT2D eigenvalue weighted by Gasteiger charge is 2.45. The van der Waals surface area contributed by atoms with Gasteiger partial charge in [0, 0.05) is 34.5 Å². The number of aromatic nitrogens is 5. The van der Waals surface area contributed by atoms with Crippen LogP contribution in [0.2, 0.25) is 0 Å². The van der Waals surface area contributed by atoms with Gasteiger partial charge in [0.05, 0.1) is 24.1 Å². The van der Waals surface area contributed by atoms with Gasteiger partial charge in [-0.1, -0.05) is 32.3 Å². The number of H-pyrrole nitrogens is 1. The zero-order valence-electron chi connectivity index (χ0n) is 23.8. The number of hydrogen-bond donors (Lipinski definition) is 3. The van der Waals surface area contributed by atoms with Crippen LogP contribution in [-0.4, -0.2) is 67.9 Å². The van der Waals surface area contributed by atoms with Gasteiger partial charge in [0.1, 0.15) is 15.9 Å². The predicted octanol–water partition coefficient (Wildman–Crippen LogP) is 3.87. The normalized spacial score (nSPS) is 19.4. The molecule has 0 saturated carbocycles. The zero-order chi connectivity index (χ0) is 30.6. The first-order chi connectivity index (χ1) is 18.7. The van der Waals surface area contributed by atoms with Crippen LogP contribution >= 0.6 is 31.1 Å². The van der Waals surface area contributed by atoms with Gasteiger partial charge >= 0.3 is 0 Å². The number of carbonyl (C=O) groups is 1. The summed E-state index contributed by atoms with van der Waals surface area (Å²) in [7, 11) is 0.127. The quantitative estimate of drug-likeness (QED) is 0.236. The van der Waals surface area contributed by atoms with E-state index in [1.807, 2.05) is 25.7 Å². The van der Waals surface area contributed by atoms with E-state index in [-0.39, 0.29) is 33.5 Å². The monoisotopic (exact) mass is 643 g/mol. The number of alkyl halides is 1. The van der Waals surface area contributed by atoms with E-state index in [1.54, 1.807) is 39.1 Å². The Morgan fingerprint density at radius 3 is 2.51 bits per heavy atom. The van der Waals surface area contributed by atoms with Crippen molar-refractivity contribution in [1.29, 1.82) is 0 Å². The molecule has 4 rings (SSSR count). The Balaban J connectivity index is 1.70. The molecule has 16 heteroatoms. The molecule has 41 heavy (non-hydrogen) atoms. The lowest BCUT2D eigenvalue weighted by Crippen LogP contribution is -2.41. The molecule has 0 radical (unpaired) electrons. The molecule has 4 heterocycles. The second-order valence-electron chi connectivity index (χ2n) is 11.9. The molecule has 2 N–H and O–H groups in total. The summed E-state index contributed by atoms with van der Waals surface area (Å²) in [6.07, 6.45) is 3.48. The summed E-state index contributed by atoms with van der Waals surface area (Å²) in [5, 5.41) is 9.11. The number of thiol groups is 1. The molecule has 224 valence electrons. The number of amides is 1. The number of carbonyl (C=O) groups excluding carboxylic acids is 1. The number of ether oxygens (including phenoxy) is 1. The van der Waals surface area contributed by atoms with Crippen LogP contribution in [0, 0.1) is 12.3 Å². The average molecular weight is 644 g/mol. The van der Waals surface area contributed by atoms with E-state index in [4.69, 9.17) is 22.3 Å². The third-order valence-corrected chi connectivity index (χ3v) is 10.4. The number of halogens is 1. The van der Waals surface area contributed by atoms with Crippen molar-refractivity contribution in [3.8, 4) is 11.7 Å². The van der Waals surface area contributed by atoms with Crippen molar-refractivity contribution in [2.75, 3.05) is 18.1 Å². The maximum Gasteiger partial charge on any atom is 0.268 e. The Kier molecular flexibility index (Phi) is 8.32. The standard InChI is InChI=1S/C25H36FN7O4P2S2/c1-15-17(11-27-29-15)41(35,36)31-21(34)16-7-8-18(28-20(16)32-13-24(6,40)12-23(32,4)5)33-10-9-19(30-33)37-14-22(2,3)25(26,38)39/h7-11,40H,12-14,38-39H2,1-6H3,(H,27,29)(H,31,34)/t24-/m1/s1. The summed E-state index contributed by atoms with van der Waals surface area (Å²) < 4.78 is 49.4. The third-order valence-electron chi connectivity index (χ3n) is 7.12. The fourth-order valence-electron chi connectivity index (χ4n) is 4.67. The number of sulfonamides is 1. The third kappa shape index (κ3) is 6.71. The minimum atomic E-state index is -4.19. The van der Waals surface area contributed by atoms with Gasteiger partial charge < -0.3 is 9.64 Å². The number of anilines is 1. The fourth-order valence-corrected chi connectivity index (χ4v) is 6.47. The van der Waals surface area contributed by atoms with Crippen molar-refractivity contribution >= 4 is 52.9 Å². The van der Waals surface area contributed by atoms with E-state index in [0.29, 0.717) is 24.5 Å². The summed E-state index contributed by atoms with van der Waals surface area (Å²) in [6.45, 7) is 11.6. The molecule has 11 nitrogen and oxygen atoms in total. The Morgan fingerprint density at radius 2 is 1.95 bits per heavy atom. The van der Waals surface area contributed by atoms with Crippen molar-refractivity contribution in [3.63, 3.8) is 0 Å². The topological polar surface area (TPSA) is 135 Å². The molecule has 2 unspecified atom stereocenters. The summed E-state index contributed by atoms with van der Waals surface area (Å²) in [6, 6.07) is 4.71. The van der Waals surface area contributed by atoms with Crippen LogP contribution in [0.15, 0.2) is 35.5 Å². The largest absolute Gasteiger partial charge is 0.476 e. The molecule has 3 atom stereocenters. The maximum atomic E-state index is 14.5. The van der Waals surface area contributed by atoms with E-state index in [1.165, 1.54) is 10.7 Å². The molecule has 0 spiro atoms. The number of nitrogens with zero attached hydrogens (tertiary/aromatic N) is 5. The number of aromatic amines is 1. The van der Waals surface area contributed by atoms with E-state index in [0.717, 1.165) is 6.20 Å². The van der Waals surface area contributed by atoms with Crippen molar-refractivity contribution in [3.05, 3.63) is 41.9 Å². The van der Waals surface area contributed by atoms with Gasteiger partial charge in [0.25, 0.3) is 15.9 Å². The Bertz CT molecular complexity index is 1570. The van der Waals surface area contributed by atoms with Gasteiger partial charge in [-0.3, -0.25) is 9.89 Å². The van der Waals surface area contributed by atoms with Gasteiger partial charge in [0.2, 0.25) is 5.88 Å². The van der Waals surface area contributed by atoms with Crippen LogP contribution in [0.25, 0.3) is 5.82 Å². The molecule has 0 aliphatic carbocycles. The minimum Gasteiger partial charge on any atom is -0.476 e. The predicted molar refractivity (Wildman–Crippen MR) is 165 cm³/mol. The Labute approximate surface area is 249 Å². The zero-order valence-corrected chi connectivity index (χ0v) is 27.8. The summed E-state index contributed by atoms with van der Waals surface area (Å²) >= 11 is 4.80. The molecular formula is C25H36FN7O4P2S2. The first-order valence-corrected chi connectivity index (χ1v) is 15.8. The summed E-state index contributed by atoms with van der Waals surface area (Å²) in [5.74, 6) is 0.0990. The number of rotatable bonds is 9. The van der Waals surface area contributed by atoms with Crippen molar-refractivity contribution in [1.82, 2.24) is 29.7 Å². The molecule has 1 aliphatic rings. The highest BCUT2D eigenvalue weighted by atomic mass is 32.2. The lowest BCUT2D eigenvalue weighted by Gasteiger charge is -2.33.